The summed E-state index contributed by atoms with van der Waals surface area (Å²) < 4.78 is 0. The Bertz CT molecular complexity index is 390. The van der Waals surface area contributed by atoms with Crippen LogP contribution < -0.4 is 0 Å². The van der Waals surface area contributed by atoms with Gasteiger partial charge in [-0.1, -0.05) is 20.3 Å². The third-order valence-corrected chi connectivity index (χ3v) is 5.34. The molecule has 0 saturated carbocycles. The summed E-state index contributed by atoms with van der Waals surface area (Å²) in [6, 6.07) is 1.48. The van der Waals surface area contributed by atoms with E-state index in [4.69, 9.17) is 0 Å². The van der Waals surface area contributed by atoms with Crippen molar-refractivity contribution in [2.45, 2.75) is 51.7 Å². The number of hydrogen-bond donors (Lipinski definition) is 0. The first-order valence-electron chi connectivity index (χ1n) is 7.59. The van der Waals surface area contributed by atoms with Crippen LogP contribution in [0, 0.1) is 5.92 Å². The number of piperazine rings is 1. The highest BCUT2D eigenvalue weighted by molar-refractivity contribution is 7.07. The van der Waals surface area contributed by atoms with Crippen molar-refractivity contribution in [2.24, 2.45) is 5.92 Å². The first kappa shape index (κ1) is 13.5. The predicted octanol–water partition coefficient (Wildman–Crippen LogP) is 2.84. The van der Waals surface area contributed by atoms with Crippen molar-refractivity contribution in [2.75, 3.05) is 19.6 Å². The molecule has 0 bridgehead atoms. The molecule has 0 spiro atoms. The van der Waals surface area contributed by atoms with Crippen molar-refractivity contribution < 1.29 is 0 Å². The molecule has 19 heavy (non-hydrogen) atoms. The van der Waals surface area contributed by atoms with Gasteiger partial charge in [-0.3, -0.25) is 9.80 Å². The van der Waals surface area contributed by atoms with Crippen LogP contribution in [0.15, 0.2) is 10.9 Å². The number of rotatable bonds is 3. The number of piperidine rings is 1. The maximum absolute atomic E-state index is 4.47. The Morgan fingerprint density at radius 1 is 1.37 bits per heavy atom. The minimum Gasteiger partial charge on any atom is -0.298 e. The van der Waals surface area contributed by atoms with Crippen LogP contribution in [-0.2, 0) is 6.54 Å². The summed E-state index contributed by atoms with van der Waals surface area (Å²) in [6.45, 7) is 9.58. The average Bonchev–Trinajstić information content (AvgIpc) is 2.90. The maximum atomic E-state index is 4.47. The van der Waals surface area contributed by atoms with Gasteiger partial charge in [0.15, 0.2) is 0 Å². The van der Waals surface area contributed by atoms with E-state index in [1.807, 2.05) is 5.51 Å². The first-order valence-corrected chi connectivity index (χ1v) is 8.53. The standard InChI is InChI=1S/C15H25N3S/c1-12(2)15-9-17-6-4-3-5-14(17)8-18(15)7-13-10-19-11-16-13/h10-12,14-15H,3-9H2,1-2H3. The molecule has 2 atom stereocenters. The van der Waals surface area contributed by atoms with E-state index in [0.29, 0.717) is 6.04 Å². The van der Waals surface area contributed by atoms with Gasteiger partial charge in [0.1, 0.15) is 0 Å². The molecule has 2 aliphatic heterocycles. The first-order chi connectivity index (χ1) is 9.24. The van der Waals surface area contributed by atoms with E-state index in [-0.39, 0.29) is 0 Å². The predicted molar refractivity (Wildman–Crippen MR) is 80.4 cm³/mol. The number of fused-ring (bicyclic) bond motifs is 1. The van der Waals surface area contributed by atoms with Crippen molar-refractivity contribution in [1.82, 2.24) is 14.8 Å². The molecular weight excluding hydrogens is 254 g/mol. The molecule has 0 amide bonds. The van der Waals surface area contributed by atoms with Gasteiger partial charge in [-0.25, -0.2) is 4.98 Å². The van der Waals surface area contributed by atoms with Gasteiger partial charge in [0.25, 0.3) is 0 Å². The Morgan fingerprint density at radius 2 is 2.26 bits per heavy atom. The maximum Gasteiger partial charge on any atom is 0.0795 e. The van der Waals surface area contributed by atoms with Gasteiger partial charge < -0.3 is 0 Å². The van der Waals surface area contributed by atoms with E-state index in [1.54, 1.807) is 11.3 Å². The Balaban J connectivity index is 1.72. The molecule has 3 nitrogen and oxygen atoms in total. The van der Waals surface area contributed by atoms with Crippen LogP contribution in [0.5, 0.6) is 0 Å². The van der Waals surface area contributed by atoms with Crippen molar-refractivity contribution in [3.05, 3.63) is 16.6 Å². The van der Waals surface area contributed by atoms with Gasteiger partial charge in [0, 0.05) is 37.1 Å². The largest absolute Gasteiger partial charge is 0.298 e. The van der Waals surface area contributed by atoms with Gasteiger partial charge in [-0.2, -0.15) is 0 Å². The number of hydrogen-bond acceptors (Lipinski definition) is 4. The van der Waals surface area contributed by atoms with Crippen LogP contribution in [0.2, 0.25) is 0 Å². The summed E-state index contributed by atoms with van der Waals surface area (Å²) in [5, 5.41) is 2.20. The van der Waals surface area contributed by atoms with E-state index >= 15 is 0 Å². The molecule has 106 valence electrons. The van der Waals surface area contributed by atoms with Crippen LogP contribution >= 0.6 is 11.3 Å². The molecule has 2 unspecified atom stereocenters. The molecule has 3 heterocycles. The molecule has 0 aliphatic carbocycles. The lowest BCUT2D eigenvalue weighted by Gasteiger charge is -2.49. The highest BCUT2D eigenvalue weighted by Crippen LogP contribution is 2.28. The lowest BCUT2D eigenvalue weighted by molar-refractivity contribution is -0.0123. The van der Waals surface area contributed by atoms with Crippen LogP contribution in [0.3, 0.4) is 0 Å². The number of nitrogens with zero attached hydrogens (tertiary/aromatic N) is 3. The Morgan fingerprint density at radius 3 is 3.00 bits per heavy atom. The normalized spacial score (nSPS) is 29.6. The summed E-state index contributed by atoms with van der Waals surface area (Å²) in [6.07, 6.45) is 4.20. The minimum absolute atomic E-state index is 0.691. The molecule has 2 fully saturated rings. The number of aromatic nitrogens is 1. The topological polar surface area (TPSA) is 19.4 Å². The summed E-state index contributed by atoms with van der Waals surface area (Å²) in [5.74, 6) is 0.724. The van der Waals surface area contributed by atoms with Crippen molar-refractivity contribution in [3.63, 3.8) is 0 Å². The van der Waals surface area contributed by atoms with Crippen LogP contribution in [0.25, 0.3) is 0 Å². The Hall–Kier alpha value is -0.450. The zero-order valence-electron chi connectivity index (χ0n) is 12.1. The third kappa shape index (κ3) is 3.01. The van der Waals surface area contributed by atoms with Crippen LogP contribution in [0.4, 0.5) is 0 Å². The lowest BCUT2D eigenvalue weighted by Crippen LogP contribution is -2.60. The van der Waals surface area contributed by atoms with E-state index in [1.165, 1.54) is 44.6 Å². The second-order valence-corrected chi connectivity index (χ2v) is 7.08. The van der Waals surface area contributed by atoms with Crippen molar-refractivity contribution in [1.29, 1.82) is 0 Å². The SMILES string of the molecule is CC(C)C1CN2CCCCC2CN1Cc1cscn1. The average molecular weight is 279 g/mol. The highest BCUT2D eigenvalue weighted by Gasteiger charge is 2.36. The van der Waals surface area contributed by atoms with Gasteiger partial charge in [-0.15, -0.1) is 11.3 Å². The third-order valence-electron chi connectivity index (χ3n) is 4.70. The van der Waals surface area contributed by atoms with E-state index in [2.05, 4.69) is 34.0 Å². The monoisotopic (exact) mass is 279 g/mol. The zero-order chi connectivity index (χ0) is 13.2. The van der Waals surface area contributed by atoms with Crippen molar-refractivity contribution in [3.8, 4) is 0 Å². The van der Waals surface area contributed by atoms with E-state index in [0.717, 1.165) is 18.5 Å². The van der Waals surface area contributed by atoms with Gasteiger partial charge >= 0.3 is 0 Å². The zero-order valence-corrected chi connectivity index (χ0v) is 12.9. The number of thiazole rings is 1. The van der Waals surface area contributed by atoms with Crippen molar-refractivity contribution >= 4 is 11.3 Å². The molecule has 2 aliphatic rings. The molecule has 0 radical (unpaired) electrons. The van der Waals surface area contributed by atoms with E-state index in [9.17, 15) is 0 Å². The molecule has 0 N–H and O–H groups in total. The summed E-state index contributed by atoms with van der Waals surface area (Å²) >= 11 is 1.71. The second-order valence-electron chi connectivity index (χ2n) is 6.37. The molecular formula is C15H25N3S. The molecule has 1 aromatic rings. The molecule has 3 rings (SSSR count). The Kier molecular flexibility index (Phi) is 4.20. The fraction of sp³-hybridized carbons (Fsp3) is 0.800. The second kappa shape index (κ2) is 5.90. The lowest BCUT2D eigenvalue weighted by atomic mass is 9.92. The molecule has 4 heteroatoms. The van der Waals surface area contributed by atoms with E-state index < -0.39 is 0 Å². The minimum atomic E-state index is 0.691. The molecule has 0 aromatic carbocycles. The Labute approximate surface area is 120 Å². The fourth-order valence-electron chi connectivity index (χ4n) is 3.61. The molecule has 2 saturated heterocycles. The quantitative estimate of drug-likeness (QED) is 0.848. The summed E-state index contributed by atoms with van der Waals surface area (Å²) in [4.78, 5) is 9.90. The molecule has 1 aromatic heterocycles. The highest BCUT2D eigenvalue weighted by atomic mass is 32.1. The smallest absolute Gasteiger partial charge is 0.0795 e. The fourth-order valence-corrected chi connectivity index (χ4v) is 4.16. The van der Waals surface area contributed by atoms with Crippen LogP contribution in [-0.4, -0.2) is 46.5 Å². The van der Waals surface area contributed by atoms with Crippen LogP contribution in [0.1, 0.15) is 38.8 Å². The summed E-state index contributed by atoms with van der Waals surface area (Å²) in [7, 11) is 0. The van der Waals surface area contributed by atoms with Gasteiger partial charge in [0.2, 0.25) is 0 Å². The van der Waals surface area contributed by atoms with Gasteiger partial charge in [-0.05, 0) is 25.3 Å². The summed E-state index contributed by atoms with van der Waals surface area (Å²) in [5.41, 5.74) is 3.20. The van der Waals surface area contributed by atoms with Gasteiger partial charge in [0.05, 0.1) is 11.2 Å².